The molecule has 1 nitrogen and oxygen atoms in total. The molecule has 0 aromatic carbocycles. The van der Waals surface area contributed by atoms with Crippen molar-refractivity contribution in [2.75, 3.05) is 0 Å². The molecule has 0 heterocycles. The standard InChI is InChI=1S/C13H24O/c1-10(2)13-8-7-12(9-13)6-4-5-11(3)14/h10,12-13H,4-9H2,1-3H3. The van der Waals surface area contributed by atoms with Gasteiger partial charge < -0.3 is 4.79 Å². The molecule has 0 amide bonds. The van der Waals surface area contributed by atoms with Gasteiger partial charge in [0.15, 0.2) is 0 Å². The number of ketones is 1. The Bertz CT molecular complexity index is 184. The first kappa shape index (κ1) is 11.7. The van der Waals surface area contributed by atoms with Crippen LogP contribution in [0.1, 0.15) is 59.3 Å². The van der Waals surface area contributed by atoms with E-state index < -0.39 is 0 Å². The zero-order valence-corrected chi connectivity index (χ0v) is 9.88. The normalized spacial score (nSPS) is 27.1. The van der Waals surface area contributed by atoms with Crippen LogP contribution in [-0.4, -0.2) is 5.78 Å². The second-order valence-corrected chi connectivity index (χ2v) is 5.28. The number of hydrogen-bond donors (Lipinski definition) is 0. The fraction of sp³-hybridized carbons (Fsp3) is 0.923. The first-order valence-electron chi connectivity index (χ1n) is 6.09. The molecule has 2 unspecified atom stereocenters. The van der Waals surface area contributed by atoms with Crippen LogP contribution in [0, 0.1) is 17.8 Å². The molecule has 1 aliphatic rings. The Balaban J connectivity index is 2.13. The van der Waals surface area contributed by atoms with E-state index in [-0.39, 0.29) is 0 Å². The lowest BCUT2D eigenvalue weighted by atomic mass is 9.92. The van der Waals surface area contributed by atoms with E-state index in [1.165, 1.54) is 25.7 Å². The summed E-state index contributed by atoms with van der Waals surface area (Å²) in [6.45, 7) is 6.37. The third-order valence-corrected chi connectivity index (χ3v) is 3.67. The van der Waals surface area contributed by atoms with E-state index in [1.807, 2.05) is 0 Å². The molecule has 82 valence electrons. The van der Waals surface area contributed by atoms with Crippen LogP contribution in [0.2, 0.25) is 0 Å². The average Bonchev–Trinajstić information content (AvgIpc) is 2.52. The Morgan fingerprint density at radius 1 is 1.36 bits per heavy atom. The topological polar surface area (TPSA) is 17.1 Å². The summed E-state index contributed by atoms with van der Waals surface area (Å²) in [5, 5.41) is 0. The molecular formula is C13H24O. The predicted octanol–water partition coefficient (Wildman–Crippen LogP) is 3.82. The minimum Gasteiger partial charge on any atom is -0.300 e. The molecule has 1 rings (SSSR count). The van der Waals surface area contributed by atoms with Crippen molar-refractivity contribution in [3.05, 3.63) is 0 Å². The van der Waals surface area contributed by atoms with Crippen LogP contribution < -0.4 is 0 Å². The second kappa shape index (κ2) is 5.53. The maximum absolute atomic E-state index is 10.8. The molecule has 1 saturated carbocycles. The fourth-order valence-electron chi connectivity index (χ4n) is 2.62. The Hall–Kier alpha value is -0.330. The summed E-state index contributed by atoms with van der Waals surface area (Å²) < 4.78 is 0. The highest BCUT2D eigenvalue weighted by atomic mass is 16.1. The SMILES string of the molecule is CC(=O)CCCC1CCC(C(C)C)C1. The van der Waals surface area contributed by atoms with Crippen molar-refractivity contribution in [1.82, 2.24) is 0 Å². The van der Waals surface area contributed by atoms with Crippen molar-refractivity contribution in [3.63, 3.8) is 0 Å². The lowest BCUT2D eigenvalue weighted by molar-refractivity contribution is -0.117. The largest absolute Gasteiger partial charge is 0.300 e. The minimum absolute atomic E-state index is 0.350. The number of carbonyl (C=O) groups excluding carboxylic acids is 1. The maximum Gasteiger partial charge on any atom is 0.129 e. The van der Waals surface area contributed by atoms with E-state index in [1.54, 1.807) is 6.92 Å². The number of rotatable bonds is 5. The lowest BCUT2D eigenvalue weighted by Gasteiger charge is -2.14. The van der Waals surface area contributed by atoms with E-state index in [0.717, 1.165) is 30.6 Å². The van der Waals surface area contributed by atoms with Gasteiger partial charge in [-0.05, 0) is 43.9 Å². The van der Waals surface area contributed by atoms with Crippen molar-refractivity contribution in [2.24, 2.45) is 17.8 Å². The van der Waals surface area contributed by atoms with Crippen molar-refractivity contribution in [1.29, 1.82) is 0 Å². The highest BCUT2D eigenvalue weighted by Gasteiger charge is 2.26. The van der Waals surface area contributed by atoms with E-state index >= 15 is 0 Å². The Morgan fingerprint density at radius 3 is 2.57 bits per heavy atom. The van der Waals surface area contributed by atoms with Crippen LogP contribution in [0.25, 0.3) is 0 Å². The smallest absolute Gasteiger partial charge is 0.129 e. The van der Waals surface area contributed by atoms with E-state index in [9.17, 15) is 4.79 Å². The molecule has 0 aromatic heterocycles. The first-order valence-corrected chi connectivity index (χ1v) is 6.09. The monoisotopic (exact) mass is 196 g/mol. The highest BCUT2D eigenvalue weighted by Crippen LogP contribution is 2.37. The molecule has 2 atom stereocenters. The second-order valence-electron chi connectivity index (χ2n) is 5.28. The summed E-state index contributed by atoms with van der Waals surface area (Å²) in [5.74, 6) is 3.08. The summed E-state index contributed by atoms with van der Waals surface area (Å²) in [6.07, 6.45) is 7.43. The summed E-state index contributed by atoms with van der Waals surface area (Å²) in [6, 6.07) is 0. The molecule has 1 aliphatic carbocycles. The Kier molecular flexibility index (Phi) is 4.64. The van der Waals surface area contributed by atoms with Crippen molar-refractivity contribution < 1.29 is 4.79 Å². The summed E-state index contributed by atoms with van der Waals surface area (Å²) in [7, 11) is 0. The molecule has 0 bridgehead atoms. The van der Waals surface area contributed by atoms with Crippen molar-refractivity contribution in [2.45, 2.75) is 59.3 Å². The number of carbonyl (C=O) groups is 1. The molecule has 0 aromatic rings. The average molecular weight is 196 g/mol. The Labute approximate surface area is 88.3 Å². The number of Topliss-reactive ketones (excluding diaryl/α,β-unsaturated/α-hetero) is 1. The van der Waals surface area contributed by atoms with E-state index in [0.29, 0.717) is 5.78 Å². The molecule has 0 radical (unpaired) electrons. The molecule has 0 spiro atoms. The van der Waals surface area contributed by atoms with Gasteiger partial charge in [-0.25, -0.2) is 0 Å². The van der Waals surface area contributed by atoms with Gasteiger partial charge in [-0.1, -0.05) is 26.7 Å². The van der Waals surface area contributed by atoms with Gasteiger partial charge in [-0.3, -0.25) is 0 Å². The minimum atomic E-state index is 0.350. The van der Waals surface area contributed by atoms with Gasteiger partial charge in [0.25, 0.3) is 0 Å². The van der Waals surface area contributed by atoms with Gasteiger partial charge in [0, 0.05) is 6.42 Å². The lowest BCUT2D eigenvalue weighted by Crippen LogP contribution is -2.04. The predicted molar refractivity (Wildman–Crippen MR) is 60.2 cm³/mol. The van der Waals surface area contributed by atoms with Gasteiger partial charge in [-0.15, -0.1) is 0 Å². The molecule has 1 fully saturated rings. The van der Waals surface area contributed by atoms with Gasteiger partial charge in [0.2, 0.25) is 0 Å². The first-order chi connectivity index (χ1) is 6.59. The van der Waals surface area contributed by atoms with Gasteiger partial charge >= 0.3 is 0 Å². The van der Waals surface area contributed by atoms with Crippen LogP contribution in [-0.2, 0) is 4.79 Å². The molecule has 0 aliphatic heterocycles. The maximum atomic E-state index is 10.8. The third-order valence-electron chi connectivity index (χ3n) is 3.67. The quantitative estimate of drug-likeness (QED) is 0.653. The van der Waals surface area contributed by atoms with Crippen molar-refractivity contribution >= 4 is 5.78 Å². The van der Waals surface area contributed by atoms with Crippen LogP contribution in [0.4, 0.5) is 0 Å². The van der Waals surface area contributed by atoms with Gasteiger partial charge in [0.05, 0.1) is 0 Å². The fourth-order valence-corrected chi connectivity index (χ4v) is 2.62. The zero-order valence-electron chi connectivity index (χ0n) is 9.88. The molecule has 0 saturated heterocycles. The number of hydrogen-bond acceptors (Lipinski definition) is 1. The molecule has 1 heteroatoms. The van der Waals surface area contributed by atoms with Crippen LogP contribution in [0.5, 0.6) is 0 Å². The van der Waals surface area contributed by atoms with Gasteiger partial charge in [-0.2, -0.15) is 0 Å². The van der Waals surface area contributed by atoms with Crippen LogP contribution >= 0.6 is 0 Å². The Morgan fingerprint density at radius 2 is 2.07 bits per heavy atom. The van der Waals surface area contributed by atoms with Crippen LogP contribution in [0.15, 0.2) is 0 Å². The van der Waals surface area contributed by atoms with E-state index in [4.69, 9.17) is 0 Å². The molecule has 14 heavy (non-hydrogen) atoms. The van der Waals surface area contributed by atoms with Gasteiger partial charge in [0.1, 0.15) is 5.78 Å². The van der Waals surface area contributed by atoms with Crippen molar-refractivity contribution in [3.8, 4) is 0 Å². The summed E-state index contributed by atoms with van der Waals surface area (Å²) in [5.41, 5.74) is 0. The highest BCUT2D eigenvalue weighted by molar-refractivity contribution is 5.75. The van der Waals surface area contributed by atoms with Crippen LogP contribution in [0.3, 0.4) is 0 Å². The zero-order chi connectivity index (χ0) is 10.6. The van der Waals surface area contributed by atoms with E-state index in [2.05, 4.69) is 13.8 Å². The third kappa shape index (κ3) is 3.81. The summed E-state index contributed by atoms with van der Waals surface area (Å²) >= 11 is 0. The molecular weight excluding hydrogens is 172 g/mol. The molecule has 0 N–H and O–H groups in total. The summed E-state index contributed by atoms with van der Waals surface area (Å²) in [4.78, 5) is 10.8.